The second-order valence-corrected chi connectivity index (χ2v) is 8.18. The van der Waals surface area contributed by atoms with Crippen LogP contribution in [0.5, 0.6) is 11.5 Å². The highest BCUT2D eigenvalue weighted by atomic mass is 79.9. The first-order chi connectivity index (χ1) is 15.9. The third-order valence-electron chi connectivity index (χ3n) is 4.93. The number of ether oxygens (including phenoxy) is 3. The number of aliphatic imine (C=N–C) groups is 1. The van der Waals surface area contributed by atoms with Crippen LogP contribution >= 0.6 is 15.9 Å². The molecule has 1 aliphatic rings. The second-order valence-electron chi connectivity index (χ2n) is 7.33. The normalized spacial score (nSPS) is 14.2. The van der Waals surface area contributed by atoms with E-state index in [-0.39, 0.29) is 24.0 Å². The second kappa shape index (κ2) is 10.0. The Labute approximate surface area is 199 Å². The van der Waals surface area contributed by atoms with Crippen molar-refractivity contribution in [2.45, 2.75) is 20.5 Å². The first-order valence-corrected chi connectivity index (χ1v) is 11.2. The van der Waals surface area contributed by atoms with Crippen molar-refractivity contribution in [3.63, 3.8) is 0 Å². The number of benzene rings is 3. The van der Waals surface area contributed by atoms with Crippen molar-refractivity contribution >= 4 is 33.9 Å². The van der Waals surface area contributed by atoms with E-state index in [0.717, 1.165) is 16.7 Å². The van der Waals surface area contributed by atoms with Crippen molar-refractivity contribution < 1.29 is 23.4 Å². The summed E-state index contributed by atoms with van der Waals surface area (Å²) in [4.78, 5) is 16.8. The molecule has 0 unspecified atom stereocenters. The molecule has 7 heteroatoms. The molecule has 1 heterocycles. The first kappa shape index (κ1) is 22.7. The van der Waals surface area contributed by atoms with Crippen LogP contribution in [0.2, 0.25) is 0 Å². The third kappa shape index (κ3) is 5.31. The molecular formula is C26H21BrFNO4. The number of aryl methyl sites for hydroxylation is 1. The predicted octanol–water partition coefficient (Wildman–Crippen LogP) is 6.22. The van der Waals surface area contributed by atoms with E-state index in [9.17, 15) is 9.18 Å². The maximum atomic E-state index is 13.1. The molecule has 0 N–H and O–H groups in total. The molecule has 0 spiro atoms. The van der Waals surface area contributed by atoms with Crippen molar-refractivity contribution in [1.82, 2.24) is 0 Å². The van der Waals surface area contributed by atoms with Gasteiger partial charge in [0.1, 0.15) is 12.4 Å². The summed E-state index contributed by atoms with van der Waals surface area (Å²) in [6, 6.07) is 17.3. The number of carbonyl (C=O) groups is 1. The zero-order chi connectivity index (χ0) is 23.4. The number of carbonyl (C=O) groups excluding carboxylic acids is 1. The standard InChI is InChI=1S/C26H21BrFNO4/c1-3-31-23-14-18(12-21(27)24(23)32-15-17-8-10-19(28)11-9-17)13-22-26(30)33-25(29-22)20-7-5-4-6-16(20)2/h4-14H,3,15H2,1-2H3/b22-13-. The van der Waals surface area contributed by atoms with E-state index in [4.69, 9.17) is 14.2 Å². The molecule has 0 radical (unpaired) electrons. The Balaban J connectivity index is 1.61. The van der Waals surface area contributed by atoms with Gasteiger partial charge in [0, 0.05) is 5.56 Å². The van der Waals surface area contributed by atoms with E-state index in [0.29, 0.717) is 28.1 Å². The van der Waals surface area contributed by atoms with Crippen LogP contribution in [-0.2, 0) is 16.1 Å². The minimum Gasteiger partial charge on any atom is -0.490 e. The topological polar surface area (TPSA) is 57.1 Å². The van der Waals surface area contributed by atoms with Gasteiger partial charge in [-0.25, -0.2) is 14.2 Å². The lowest BCUT2D eigenvalue weighted by Crippen LogP contribution is -2.06. The van der Waals surface area contributed by atoms with E-state index < -0.39 is 5.97 Å². The molecule has 3 aromatic carbocycles. The Bertz CT molecular complexity index is 1250. The fourth-order valence-electron chi connectivity index (χ4n) is 3.31. The number of halogens is 2. The number of nitrogens with zero attached hydrogens (tertiary/aromatic N) is 1. The largest absolute Gasteiger partial charge is 0.490 e. The van der Waals surface area contributed by atoms with Gasteiger partial charge in [0.25, 0.3) is 0 Å². The summed E-state index contributed by atoms with van der Waals surface area (Å²) in [5.41, 5.74) is 3.46. The number of esters is 1. The van der Waals surface area contributed by atoms with Gasteiger partial charge >= 0.3 is 5.97 Å². The van der Waals surface area contributed by atoms with Crippen LogP contribution in [0.3, 0.4) is 0 Å². The highest BCUT2D eigenvalue weighted by Gasteiger charge is 2.25. The Morgan fingerprint density at radius 3 is 2.58 bits per heavy atom. The summed E-state index contributed by atoms with van der Waals surface area (Å²) in [6.45, 7) is 4.48. The Morgan fingerprint density at radius 2 is 1.85 bits per heavy atom. The Morgan fingerprint density at radius 1 is 1.09 bits per heavy atom. The van der Waals surface area contributed by atoms with E-state index in [1.54, 1.807) is 24.3 Å². The molecule has 0 saturated carbocycles. The zero-order valence-corrected chi connectivity index (χ0v) is 19.7. The summed E-state index contributed by atoms with van der Waals surface area (Å²) in [7, 11) is 0. The van der Waals surface area contributed by atoms with E-state index in [1.165, 1.54) is 12.1 Å². The lowest BCUT2D eigenvalue weighted by molar-refractivity contribution is -0.129. The molecule has 168 valence electrons. The van der Waals surface area contributed by atoms with Crippen LogP contribution in [0.1, 0.15) is 29.2 Å². The molecule has 0 saturated heterocycles. The van der Waals surface area contributed by atoms with E-state index in [1.807, 2.05) is 44.2 Å². The fourth-order valence-corrected chi connectivity index (χ4v) is 3.88. The molecule has 1 aliphatic heterocycles. The number of rotatable bonds is 7. The molecule has 0 atom stereocenters. The molecule has 0 aromatic heterocycles. The van der Waals surface area contributed by atoms with Gasteiger partial charge in [0.05, 0.1) is 11.1 Å². The van der Waals surface area contributed by atoms with Crippen molar-refractivity contribution in [1.29, 1.82) is 0 Å². The molecular weight excluding hydrogens is 489 g/mol. The quantitative estimate of drug-likeness (QED) is 0.280. The summed E-state index contributed by atoms with van der Waals surface area (Å²) in [5.74, 6) is 0.495. The summed E-state index contributed by atoms with van der Waals surface area (Å²) in [5, 5.41) is 0. The van der Waals surface area contributed by atoms with Crippen LogP contribution in [-0.4, -0.2) is 18.5 Å². The van der Waals surface area contributed by atoms with Crippen molar-refractivity contribution in [2.75, 3.05) is 6.61 Å². The van der Waals surface area contributed by atoms with Crippen molar-refractivity contribution in [2.24, 2.45) is 4.99 Å². The molecule has 0 fully saturated rings. The smallest absolute Gasteiger partial charge is 0.363 e. The van der Waals surface area contributed by atoms with Gasteiger partial charge in [-0.15, -0.1) is 0 Å². The van der Waals surface area contributed by atoms with Crippen LogP contribution in [0.4, 0.5) is 4.39 Å². The lowest BCUT2D eigenvalue weighted by Gasteiger charge is -2.15. The van der Waals surface area contributed by atoms with Gasteiger partial charge in [-0.1, -0.05) is 30.3 Å². The van der Waals surface area contributed by atoms with Crippen LogP contribution < -0.4 is 9.47 Å². The van der Waals surface area contributed by atoms with Gasteiger partial charge in [-0.05, 0) is 82.9 Å². The molecule has 5 nitrogen and oxygen atoms in total. The van der Waals surface area contributed by atoms with E-state index in [2.05, 4.69) is 20.9 Å². The van der Waals surface area contributed by atoms with Gasteiger partial charge in [-0.3, -0.25) is 0 Å². The first-order valence-electron chi connectivity index (χ1n) is 10.4. The molecule has 0 amide bonds. The fraction of sp³-hybridized carbons (Fsp3) is 0.154. The molecule has 4 rings (SSSR count). The zero-order valence-electron chi connectivity index (χ0n) is 18.1. The summed E-state index contributed by atoms with van der Waals surface area (Å²) < 4.78 is 30.9. The molecule has 0 aliphatic carbocycles. The van der Waals surface area contributed by atoms with Crippen LogP contribution in [0.25, 0.3) is 6.08 Å². The molecule has 33 heavy (non-hydrogen) atoms. The monoisotopic (exact) mass is 509 g/mol. The predicted molar refractivity (Wildman–Crippen MR) is 128 cm³/mol. The third-order valence-corrected chi connectivity index (χ3v) is 5.52. The molecule has 3 aromatic rings. The average molecular weight is 510 g/mol. The summed E-state index contributed by atoms with van der Waals surface area (Å²) >= 11 is 3.53. The number of hydrogen-bond acceptors (Lipinski definition) is 5. The van der Waals surface area contributed by atoms with Gasteiger partial charge in [0.15, 0.2) is 17.2 Å². The SMILES string of the molecule is CCOc1cc(/C=C2\N=C(c3ccccc3C)OC2=O)cc(Br)c1OCc1ccc(F)cc1. The maximum absolute atomic E-state index is 13.1. The van der Waals surface area contributed by atoms with Crippen molar-refractivity contribution in [3.05, 3.63) is 98.9 Å². The van der Waals surface area contributed by atoms with Crippen LogP contribution in [0, 0.1) is 12.7 Å². The van der Waals surface area contributed by atoms with Crippen LogP contribution in [0.15, 0.2) is 75.8 Å². The maximum Gasteiger partial charge on any atom is 0.363 e. The summed E-state index contributed by atoms with van der Waals surface area (Å²) in [6.07, 6.45) is 1.64. The minimum atomic E-state index is -0.515. The molecule has 0 bridgehead atoms. The number of hydrogen-bond donors (Lipinski definition) is 0. The van der Waals surface area contributed by atoms with Crippen molar-refractivity contribution in [3.8, 4) is 11.5 Å². The van der Waals surface area contributed by atoms with Gasteiger partial charge in [-0.2, -0.15) is 0 Å². The number of cyclic esters (lactones) is 1. The highest BCUT2D eigenvalue weighted by molar-refractivity contribution is 9.10. The highest BCUT2D eigenvalue weighted by Crippen LogP contribution is 2.38. The van der Waals surface area contributed by atoms with E-state index >= 15 is 0 Å². The van der Waals surface area contributed by atoms with Gasteiger partial charge in [0.2, 0.25) is 5.90 Å². The Kier molecular flexibility index (Phi) is 6.89. The lowest BCUT2D eigenvalue weighted by atomic mass is 10.1. The minimum absolute atomic E-state index is 0.197. The Hall–Kier alpha value is -3.45. The van der Waals surface area contributed by atoms with Gasteiger partial charge < -0.3 is 14.2 Å². The average Bonchev–Trinajstić information content (AvgIpc) is 3.15.